The molecule has 0 aliphatic carbocycles. The van der Waals surface area contributed by atoms with Gasteiger partial charge in [-0.05, 0) is 19.3 Å². The molecule has 1 amide bonds. The largest absolute Gasteiger partial charge is 0.352 e. The lowest BCUT2D eigenvalue weighted by Crippen LogP contribution is -2.24. The van der Waals surface area contributed by atoms with E-state index in [9.17, 15) is 4.79 Å². The van der Waals surface area contributed by atoms with Crippen LogP contribution in [-0.4, -0.2) is 12.5 Å². The summed E-state index contributed by atoms with van der Waals surface area (Å²) in [5.74, 6) is 0.737. The van der Waals surface area contributed by atoms with Gasteiger partial charge in [0.15, 0.2) is 0 Å². The Hall–Kier alpha value is -0.790. The highest BCUT2D eigenvalue weighted by molar-refractivity contribution is 5.91. The van der Waals surface area contributed by atoms with Crippen molar-refractivity contribution < 1.29 is 4.79 Å². The Morgan fingerprint density at radius 1 is 1.38 bits per heavy atom. The van der Waals surface area contributed by atoms with E-state index in [1.54, 1.807) is 6.92 Å². The number of amides is 1. The van der Waals surface area contributed by atoms with E-state index in [2.05, 4.69) is 25.7 Å². The van der Waals surface area contributed by atoms with Crippen LogP contribution in [0.3, 0.4) is 0 Å². The lowest BCUT2D eigenvalue weighted by atomic mass is 10.1. The molecule has 76 valence electrons. The van der Waals surface area contributed by atoms with Crippen molar-refractivity contribution in [3.8, 4) is 0 Å². The summed E-state index contributed by atoms with van der Waals surface area (Å²) in [6, 6.07) is 0. The fourth-order valence-electron chi connectivity index (χ4n) is 1.03. The van der Waals surface area contributed by atoms with Crippen molar-refractivity contribution in [2.45, 2.75) is 40.0 Å². The van der Waals surface area contributed by atoms with Crippen molar-refractivity contribution in [2.24, 2.45) is 5.92 Å². The van der Waals surface area contributed by atoms with E-state index in [1.165, 1.54) is 12.8 Å². The van der Waals surface area contributed by atoms with Gasteiger partial charge in [-0.1, -0.05) is 33.3 Å². The fourth-order valence-corrected chi connectivity index (χ4v) is 1.03. The van der Waals surface area contributed by atoms with E-state index in [-0.39, 0.29) is 5.91 Å². The van der Waals surface area contributed by atoms with Crippen LogP contribution >= 0.6 is 0 Å². The number of carbonyl (C=O) groups is 1. The van der Waals surface area contributed by atoms with Gasteiger partial charge in [0.25, 0.3) is 0 Å². The molecule has 1 N–H and O–H groups in total. The Kier molecular flexibility index (Phi) is 6.29. The van der Waals surface area contributed by atoms with Crippen LogP contribution in [0.2, 0.25) is 0 Å². The Bertz CT molecular complexity index is 173. The molecule has 0 fully saturated rings. The fraction of sp³-hybridized carbons (Fsp3) is 0.727. The molecule has 0 aromatic carbocycles. The minimum atomic E-state index is -0.0236. The van der Waals surface area contributed by atoms with E-state index in [1.807, 2.05) is 0 Å². The minimum absolute atomic E-state index is 0.0236. The summed E-state index contributed by atoms with van der Waals surface area (Å²) in [6.07, 6.45) is 3.49. The maximum absolute atomic E-state index is 11.0. The van der Waals surface area contributed by atoms with E-state index in [4.69, 9.17) is 0 Å². The molecule has 13 heavy (non-hydrogen) atoms. The summed E-state index contributed by atoms with van der Waals surface area (Å²) < 4.78 is 0. The molecule has 0 aliphatic rings. The molecule has 0 saturated heterocycles. The first-order valence-electron chi connectivity index (χ1n) is 4.97. The molecule has 2 nitrogen and oxygen atoms in total. The van der Waals surface area contributed by atoms with E-state index in [0.29, 0.717) is 5.57 Å². The number of nitrogens with one attached hydrogen (secondary N) is 1. The second-order valence-electron chi connectivity index (χ2n) is 3.93. The highest BCUT2D eigenvalue weighted by atomic mass is 16.1. The monoisotopic (exact) mass is 183 g/mol. The summed E-state index contributed by atoms with van der Waals surface area (Å²) in [5, 5.41) is 2.82. The quantitative estimate of drug-likeness (QED) is 0.497. The zero-order chi connectivity index (χ0) is 10.3. The molecule has 0 aromatic heterocycles. The van der Waals surface area contributed by atoms with Gasteiger partial charge in [0.1, 0.15) is 0 Å². The SMILES string of the molecule is C=C(C)C(=O)NCCCCC(C)C. The topological polar surface area (TPSA) is 29.1 Å². The zero-order valence-electron chi connectivity index (χ0n) is 9.02. The molecule has 0 rings (SSSR count). The van der Waals surface area contributed by atoms with E-state index >= 15 is 0 Å². The maximum atomic E-state index is 11.0. The van der Waals surface area contributed by atoms with Crippen LogP contribution in [0.5, 0.6) is 0 Å². The molecule has 0 unspecified atom stereocenters. The molecule has 0 saturated carbocycles. The molecule has 2 heteroatoms. The number of carbonyl (C=O) groups excluding carboxylic acids is 1. The Morgan fingerprint density at radius 3 is 2.46 bits per heavy atom. The van der Waals surface area contributed by atoms with E-state index < -0.39 is 0 Å². The number of hydrogen-bond acceptors (Lipinski definition) is 1. The summed E-state index contributed by atoms with van der Waals surface area (Å²) in [6.45, 7) is 10.5. The van der Waals surface area contributed by atoms with Crippen LogP contribution in [0.4, 0.5) is 0 Å². The van der Waals surface area contributed by atoms with Crippen molar-refractivity contribution in [1.29, 1.82) is 0 Å². The van der Waals surface area contributed by atoms with Gasteiger partial charge in [0.2, 0.25) is 5.91 Å². The Balaban J connectivity index is 3.26. The molecule has 0 aliphatic heterocycles. The Labute approximate surface area is 81.4 Å². The second-order valence-corrected chi connectivity index (χ2v) is 3.93. The zero-order valence-corrected chi connectivity index (χ0v) is 9.02. The third-order valence-corrected chi connectivity index (χ3v) is 1.88. The van der Waals surface area contributed by atoms with E-state index in [0.717, 1.165) is 18.9 Å². The van der Waals surface area contributed by atoms with Crippen molar-refractivity contribution in [3.05, 3.63) is 12.2 Å². The van der Waals surface area contributed by atoms with Crippen LogP contribution in [-0.2, 0) is 4.79 Å². The van der Waals surface area contributed by atoms with Crippen molar-refractivity contribution in [3.63, 3.8) is 0 Å². The molecule has 0 bridgehead atoms. The van der Waals surface area contributed by atoms with Crippen LogP contribution < -0.4 is 5.32 Å². The predicted octanol–water partition coefficient (Wildman–Crippen LogP) is 2.51. The number of rotatable bonds is 6. The van der Waals surface area contributed by atoms with Crippen molar-refractivity contribution in [2.75, 3.05) is 6.54 Å². The standard InChI is InChI=1S/C11H21NO/c1-9(2)7-5-6-8-12-11(13)10(3)4/h9H,3,5-8H2,1-2,4H3,(H,12,13). The number of unbranched alkanes of at least 4 members (excludes halogenated alkanes) is 1. The lowest BCUT2D eigenvalue weighted by molar-refractivity contribution is -0.117. The predicted molar refractivity (Wildman–Crippen MR) is 56.5 cm³/mol. The van der Waals surface area contributed by atoms with Crippen molar-refractivity contribution in [1.82, 2.24) is 5.32 Å². The van der Waals surface area contributed by atoms with Crippen LogP contribution in [0, 0.1) is 5.92 Å². The maximum Gasteiger partial charge on any atom is 0.246 e. The lowest BCUT2D eigenvalue weighted by Gasteiger charge is -2.05. The van der Waals surface area contributed by atoms with Gasteiger partial charge in [-0.25, -0.2) is 0 Å². The first-order valence-corrected chi connectivity index (χ1v) is 4.97. The van der Waals surface area contributed by atoms with Crippen LogP contribution in [0.25, 0.3) is 0 Å². The third-order valence-electron chi connectivity index (χ3n) is 1.88. The summed E-state index contributed by atoms with van der Waals surface area (Å²) in [5.41, 5.74) is 0.587. The Morgan fingerprint density at radius 2 is 2.00 bits per heavy atom. The molecule has 0 spiro atoms. The number of hydrogen-bond donors (Lipinski definition) is 1. The molecular weight excluding hydrogens is 162 g/mol. The van der Waals surface area contributed by atoms with Crippen LogP contribution in [0.15, 0.2) is 12.2 Å². The third kappa shape index (κ3) is 7.57. The van der Waals surface area contributed by atoms with Gasteiger partial charge in [-0.2, -0.15) is 0 Å². The van der Waals surface area contributed by atoms with Crippen LogP contribution in [0.1, 0.15) is 40.0 Å². The molecular formula is C11H21NO. The average Bonchev–Trinajstić information content (AvgIpc) is 2.02. The first-order chi connectivity index (χ1) is 6.04. The minimum Gasteiger partial charge on any atom is -0.352 e. The highest BCUT2D eigenvalue weighted by Gasteiger charge is 1.99. The summed E-state index contributed by atoms with van der Waals surface area (Å²) in [7, 11) is 0. The highest BCUT2D eigenvalue weighted by Crippen LogP contribution is 2.05. The molecule has 0 radical (unpaired) electrons. The molecule has 0 heterocycles. The van der Waals surface area contributed by atoms with Gasteiger partial charge in [0.05, 0.1) is 0 Å². The van der Waals surface area contributed by atoms with Gasteiger partial charge in [-0.15, -0.1) is 0 Å². The summed E-state index contributed by atoms with van der Waals surface area (Å²) >= 11 is 0. The molecule has 0 aromatic rings. The smallest absolute Gasteiger partial charge is 0.246 e. The second kappa shape index (κ2) is 6.70. The van der Waals surface area contributed by atoms with Crippen molar-refractivity contribution >= 4 is 5.91 Å². The van der Waals surface area contributed by atoms with Gasteiger partial charge < -0.3 is 5.32 Å². The first kappa shape index (κ1) is 12.2. The normalized spacial score (nSPS) is 10.2. The summed E-state index contributed by atoms with van der Waals surface area (Å²) in [4.78, 5) is 11.0. The average molecular weight is 183 g/mol. The van der Waals surface area contributed by atoms with Gasteiger partial charge in [-0.3, -0.25) is 4.79 Å². The van der Waals surface area contributed by atoms with Gasteiger partial charge >= 0.3 is 0 Å². The van der Waals surface area contributed by atoms with Gasteiger partial charge in [0, 0.05) is 12.1 Å². The molecule has 0 atom stereocenters.